The first-order chi connectivity index (χ1) is 11.0. The molecule has 0 fully saturated rings. The summed E-state index contributed by atoms with van der Waals surface area (Å²) < 4.78 is 10.3. The quantitative estimate of drug-likeness (QED) is 0.342. The van der Waals surface area contributed by atoms with Gasteiger partial charge in [-0.25, -0.2) is 4.63 Å². The van der Waals surface area contributed by atoms with Crippen molar-refractivity contribution >= 4 is 77.1 Å². The second kappa shape index (κ2) is 6.60. The lowest BCUT2D eigenvalue weighted by Gasteiger charge is -1.91. The van der Waals surface area contributed by atoms with Crippen LogP contribution in [0.2, 0.25) is 10.0 Å². The molecule has 0 unspecified atom stereocenters. The van der Waals surface area contributed by atoms with Gasteiger partial charge in [0.15, 0.2) is 0 Å². The molecule has 0 spiro atoms. The minimum Gasteiger partial charge on any atom is -0.359 e. The van der Waals surface area contributed by atoms with Crippen LogP contribution < -0.4 is 4.90 Å². The highest BCUT2D eigenvalue weighted by Crippen LogP contribution is 2.26. The van der Waals surface area contributed by atoms with E-state index < -0.39 is 0 Å². The first kappa shape index (κ1) is 16.4. The first-order valence-corrected chi connectivity index (χ1v) is 8.21. The molecule has 0 aliphatic rings. The third-order valence-electron chi connectivity index (χ3n) is 2.72. The van der Waals surface area contributed by atoms with Crippen LogP contribution in [0.1, 0.15) is 0 Å². The van der Waals surface area contributed by atoms with E-state index in [1.807, 2.05) is 0 Å². The maximum atomic E-state index is 10.9. The molecule has 0 bridgehead atoms. The zero-order valence-electron chi connectivity index (χ0n) is 10.8. The van der Waals surface area contributed by atoms with Gasteiger partial charge in [0, 0.05) is 26.2 Å². The van der Waals surface area contributed by atoms with Gasteiger partial charge in [-0.05, 0) is 59.2 Å². The van der Waals surface area contributed by atoms with Gasteiger partial charge in [0.1, 0.15) is 11.0 Å². The predicted molar refractivity (Wildman–Crippen MR) is 90.2 cm³/mol. The van der Waals surface area contributed by atoms with Crippen LogP contribution in [0.15, 0.2) is 42.5 Å². The second-order valence-corrected chi connectivity index (χ2v) is 6.73. The predicted octanol–water partition coefficient (Wildman–Crippen LogP) is 4.52. The monoisotopic (exact) mass is 480 g/mol. The SMILES string of the molecule is Clc1cc2nonc2cc1Br.[O-][n+]1onc2cc(Cl)c(Br)cc21. The Morgan fingerprint density at radius 2 is 1.43 bits per heavy atom. The van der Waals surface area contributed by atoms with Gasteiger partial charge in [-0.1, -0.05) is 23.2 Å². The Kier molecular flexibility index (Phi) is 4.72. The van der Waals surface area contributed by atoms with E-state index in [9.17, 15) is 5.21 Å². The fourth-order valence-electron chi connectivity index (χ4n) is 1.65. The second-order valence-electron chi connectivity index (χ2n) is 4.20. The molecule has 0 N–H and O–H groups in total. The Morgan fingerprint density at radius 3 is 2.13 bits per heavy atom. The summed E-state index contributed by atoms with van der Waals surface area (Å²) in [5.74, 6) is 0. The van der Waals surface area contributed by atoms with Crippen molar-refractivity contribution in [1.82, 2.24) is 15.5 Å². The summed E-state index contributed by atoms with van der Waals surface area (Å²) in [7, 11) is 0. The lowest BCUT2D eigenvalue weighted by molar-refractivity contribution is -0.782. The number of benzene rings is 2. The molecule has 0 saturated carbocycles. The number of nitrogens with zero attached hydrogens (tertiary/aromatic N) is 4. The lowest BCUT2D eigenvalue weighted by Crippen LogP contribution is -2.22. The maximum absolute atomic E-state index is 10.9. The summed E-state index contributed by atoms with van der Waals surface area (Å²) in [6.45, 7) is 0. The van der Waals surface area contributed by atoms with Crippen LogP contribution >= 0.6 is 55.1 Å². The van der Waals surface area contributed by atoms with Crippen LogP contribution in [-0.4, -0.2) is 15.5 Å². The van der Waals surface area contributed by atoms with Gasteiger partial charge in [-0.3, -0.25) is 4.63 Å². The summed E-state index contributed by atoms with van der Waals surface area (Å²) in [5, 5.41) is 22.7. The Morgan fingerprint density at radius 1 is 0.870 bits per heavy atom. The van der Waals surface area contributed by atoms with E-state index in [0.717, 1.165) is 4.47 Å². The molecule has 118 valence electrons. The molecule has 0 aliphatic carbocycles. The van der Waals surface area contributed by atoms with Gasteiger partial charge in [0.2, 0.25) is 11.0 Å². The van der Waals surface area contributed by atoms with Gasteiger partial charge in [0.25, 0.3) is 0 Å². The van der Waals surface area contributed by atoms with Crippen molar-refractivity contribution in [2.75, 3.05) is 0 Å². The summed E-state index contributed by atoms with van der Waals surface area (Å²) in [6.07, 6.45) is 0. The third kappa shape index (κ3) is 3.42. The van der Waals surface area contributed by atoms with E-state index in [0.29, 0.717) is 41.5 Å². The minimum atomic E-state index is 0.330. The molecule has 23 heavy (non-hydrogen) atoms. The van der Waals surface area contributed by atoms with Crippen molar-refractivity contribution < 1.29 is 14.2 Å². The Hall–Kier alpha value is -1.42. The van der Waals surface area contributed by atoms with Crippen LogP contribution in [0.3, 0.4) is 0 Å². The van der Waals surface area contributed by atoms with Gasteiger partial charge >= 0.3 is 0 Å². The number of hydrogen-bond acceptors (Lipinski definition) is 6. The first-order valence-electron chi connectivity index (χ1n) is 5.87. The van der Waals surface area contributed by atoms with E-state index in [2.05, 4.69) is 56.6 Å². The Balaban J connectivity index is 0.000000136. The van der Waals surface area contributed by atoms with Gasteiger partial charge in [-0.15, -0.1) is 0 Å². The highest BCUT2D eigenvalue weighted by atomic mass is 79.9. The smallest absolute Gasteiger partial charge is 0.250 e. The highest BCUT2D eigenvalue weighted by Gasteiger charge is 2.11. The summed E-state index contributed by atoms with van der Waals surface area (Å²) in [5.41, 5.74) is 2.16. The zero-order chi connectivity index (χ0) is 16.6. The highest BCUT2D eigenvalue weighted by molar-refractivity contribution is 9.10. The Bertz CT molecular complexity index is 969. The van der Waals surface area contributed by atoms with E-state index in [1.54, 1.807) is 24.3 Å². The molecule has 0 radical (unpaired) electrons. The fourth-order valence-corrected chi connectivity index (χ4v) is 2.63. The topological polar surface area (TPSA) is 91.9 Å². The number of fused-ring (bicyclic) bond motifs is 2. The molecule has 0 amide bonds. The number of rotatable bonds is 0. The van der Waals surface area contributed by atoms with E-state index in [-0.39, 0.29) is 0 Å². The summed E-state index contributed by atoms with van der Waals surface area (Å²) in [6, 6.07) is 6.56. The van der Waals surface area contributed by atoms with Crippen molar-refractivity contribution in [3.8, 4) is 0 Å². The normalized spacial score (nSPS) is 10.8. The largest absolute Gasteiger partial charge is 0.359 e. The van der Waals surface area contributed by atoms with E-state index >= 15 is 0 Å². The van der Waals surface area contributed by atoms with Crippen molar-refractivity contribution in [3.05, 3.63) is 48.5 Å². The van der Waals surface area contributed by atoms with Crippen molar-refractivity contribution in [1.29, 1.82) is 0 Å². The Labute approximate surface area is 154 Å². The number of halogens is 4. The van der Waals surface area contributed by atoms with Gasteiger partial charge in [-0.2, -0.15) is 0 Å². The average Bonchev–Trinajstić information content (AvgIpc) is 3.09. The zero-order valence-corrected chi connectivity index (χ0v) is 15.5. The van der Waals surface area contributed by atoms with E-state index in [1.165, 1.54) is 0 Å². The minimum absolute atomic E-state index is 0.330. The molecule has 2 aromatic carbocycles. The molecule has 11 heteroatoms. The molecule has 2 aromatic heterocycles. The average molecular weight is 483 g/mol. The molecule has 0 saturated heterocycles. The molecular formula is C12H4Br2Cl2N4O3. The summed E-state index contributed by atoms with van der Waals surface area (Å²) >= 11 is 18.0. The van der Waals surface area contributed by atoms with Crippen LogP contribution in [0, 0.1) is 5.21 Å². The van der Waals surface area contributed by atoms with E-state index in [4.69, 9.17) is 23.2 Å². The van der Waals surface area contributed by atoms with Crippen molar-refractivity contribution in [3.63, 3.8) is 0 Å². The maximum Gasteiger partial charge on any atom is 0.250 e. The third-order valence-corrected chi connectivity index (χ3v) is 5.12. The molecule has 4 aromatic rings. The molecule has 0 aliphatic heterocycles. The van der Waals surface area contributed by atoms with Gasteiger partial charge < -0.3 is 5.21 Å². The number of hydrogen-bond donors (Lipinski definition) is 0. The van der Waals surface area contributed by atoms with Crippen LogP contribution in [-0.2, 0) is 0 Å². The fraction of sp³-hybridized carbons (Fsp3) is 0. The molecular weight excluding hydrogens is 479 g/mol. The summed E-state index contributed by atoms with van der Waals surface area (Å²) in [4.78, 5) is 0.330. The van der Waals surface area contributed by atoms with Crippen LogP contribution in [0.25, 0.3) is 22.1 Å². The standard InChI is InChI=1S/C6H2BrClN2O2.C6H2BrClN2O/c7-3-1-6-5(2-4(3)8)9-12-10(6)11;7-3-1-5-6(2-4(3)8)10-11-9-5/h1-2H;1-2H. The van der Waals surface area contributed by atoms with Gasteiger partial charge in [0.05, 0.1) is 10.0 Å². The van der Waals surface area contributed by atoms with Crippen LogP contribution in [0.5, 0.6) is 0 Å². The lowest BCUT2D eigenvalue weighted by atomic mass is 10.3. The molecule has 4 rings (SSSR count). The number of aromatic nitrogens is 4. The molecule has 2 heterocycles. The molecule has 7 nitrogen and oxygen atoms in total. The van der Waals surface area contributed by atoms with Crippen LogP contribution in [0.4, 0.5) is 0 Å². The van der Waals surface area contributed by atoms with Crippen molar-refractivity contribution in [2.45, 2.75) is 0 Å². The molecule has 0 atom stereocenters. The van der Waals surface area contributed by atoms with Crippen molar-refractivity contribution in [2.24, 2.45) is 0 Å².